The van der Waals surface area contributed by atoms with Crippen molar-refractivity contribution in [3.8, 4) is 0 Å². The van der Waals surface area contributed by atoms with Gasteiger partial charge in [-0.3, -0.25) is 10.2 Å². The molecule has 0 aromatic heterocycles. The highest BCUT2D eigenvalue weighted by molar-refractivity contribution is 5.75. The van der Waals surface area contributed by atoms with Crippen LogP contribution in [0.25, 0.3) is 0 Å². The molecule has 0 bridgehead atoms. The first-order valence-corrected chi connectivity index (χ1v) is 8.84. The van der Waals surface area contributed by atoms with Gasteiger partial charge in [0.25, 0.3) is 0 Å². The van der Waals surface area contributed by atoms with Crippen LogP contribution in [0.1, 0.15) is 30.9 Å². The van der Waals surface area contributed by atoms with Gasteiger partial charge >= 0.3 is 5.97 Å². The van der Waals surface area contributed by atoms with Crippen molar-refractivity contribution in [2.75, 3.05) is 26.2 Å². The van der Waals surface area contributed by atoms with E-state index in [-0.39, 0.29) is 11.9 Å². The second-order valence-corrected chi connectivity index (χ2v) is 7.23. The summed E-state index contributed by atoms with van der Waals surface area (Å²) in [6, 6.07) is 6.67. The van der Waals surface area contributed by atoms with Crippen LogP contribution in [-0.4, -0.2) is 42.2 Å². The number of halogens is 1. The van der Waals surface area contributed by atoms with Crippen molar-refractivity contribution < 1.29 is 14.3 Å². The molecule has 0 spiro atoms. The number of benzene rings is 1. The Morgan fingerprint density at radius 2 is 2.20 bits per heavy atom. The molecule has 3 atom stereocenters. The highest BCUT2D eigenvalue weighted by Crippen LogP contribution is 2.35. The van der Waals surface area contributed by atoms with Gasteiger partial charge in [-0.15, -0.1) is 6.58 Å². The number of allylic oxidation sites excluding steroid dienone is 1. The molecular formula is C19H26FN3O2. The number of piperidine rings is 1. The summed E-state index contributed by atoms with van der Waals surface area (Å²) >= 11 is 0. The van der Waals surface area contributed by atoms with Crippen LogP contribution in [0.4, 0.5) is 4.39 Å². The largest absolute Gasteiger partial charge is 0.481 e. The number of likely N-dealkylation sites (tertiary alicyclic amines) is 1. The van der Waals surface area contributed by atoms with Crippen molar-refractivity contribution in [1.82, 2.24) is 15.8 Å². The van der Waals surface area contributed by atoms with Crippen molar-refractivity contribution >= 4 is 5.97 Å². The molecule has 0 amide bonds. The lowest BCUT2D eigenvalue weighted by atomic mass is 9.76. The number of carboxylic acids is 1. The molecule has 0 saturated carbocycles. The summed E-state index contributed by atoms with van der Waals surface area (Å²) in [5, 5.41) is 9.72. The van der Waals surface area contributed by atoms with Crippen molar-refractivity contribution in [1.29, 1.82) is 0 Å². The third-order valence-electron chi connectivity index (χ3n) is 5.46. The Kier molecular flexibility index (Phi) is 5.51. The van der Waals surface area contributed by atoms with E-state index in [1.807, 2.05) is 12.1 Å². The minimum atomic E-state index is -0.727. The maximum absolute atomic E-state index is 13.2. The number of hydrazine groups is 1. The molecule has 25 heavy (non-hydrogen) atoms. The third kappa shape index (κ3) is 3.92. The Balaban J connectivity index is 1.69. The molecule has 5 nitrogen and oxygen atoms in total. The van der Waals surface area contributed by atoms with E-state index in [0.717, 1.165) is 31.6 Å². The summed E-state index contributed by atoms with van der Waals surface area (Å²) in [6.45, 7) is 6.83. The maximum Gasteiger partial charge on any atom is 0.311 e. The Morgan fingerprint density at radius 3 is 2.88 bits per heavy atom. The second-order valence-electron chi connectivity index (χ2n) is 7.23. The summed E-state index contributed by atoms with van der Waals surface area (Å²) in [7, 11) is 0. The van der Waals surface area contributed by atoms with Crippen LogP contribution in [0.5, 0.6) is 0 Å². The highest BCUT2D eigenvalue weighted by atomic mass is 19.1. The summed E-state index contributed by atoms with van der Waals surface area (Å²) < 4.78 is 13.2. The molecule has 1 aromatic rings. The van der Waals surface area contributed by atoms with Gasteiger partial charge in [-0.2, -0.15) is 0 Å². The van der Waals surface area contributed by atoms with Crippen LogP contribution < -0.4 is 10.9 Å². The second kappa shape index (κ2) is 7.64. The molecule has 1 aromatic carbocycles. The Labute approximate surface area is 147 Å². The van der Waals surface area contributed by atoms with Crippen molar-refractivity contribution in [2.24, 2.45) is 11.3 Å². The van der Waals surface area contributed by atoms with E-state index >= 15 is 0 Å². The van der Waals surface area contributed by atoms with Gasteiger partial charge in [0.05, 0.1) is 11.5 Å². The van der Waals surface area contributed by atoms with Crippen LogP contribution in [0.3, 0.4) is 0 Å². The molecule has 3 unspecified atom stereocenters. The van der Waals surface area contributed by atoms with Crippen LogP contribution in [0.2, 0.25) is 0 Å². The normalized spacial score (nSPS) is 30.3. The number of nitrogens with one attached hydrogen (secondary N) is 2. The van der Waals surface area contributed by atoms with Crippen LogP contribution >= 0.6 is 0 Å². The number of carboxylic acid groups (broad SMARTS) is 1. The first-order valence-electron chi connectivity index (χ1n) is 8.84. The lowest BCUT2D eigenvalue weighted by molar-refractivity contribution is -0.152. The topological polar surface area (TPSA) is 64.6 Å². The molecule has 0 aliphatic carbocycles. The van der Waals surface area contributed by atoms with Gasteiger partial charge in [-0.1, -0.05) is 18.2 Å². The molecule has 2 aliphatic rings. The molecule has 2 fully saturated rings. The van der Waals surface area contributed by atoms with Crippen molar-refractivity contribution in [3.63, 3.8) is 0 Å². The SMILES string of the molecule is C=CCC1(C(=O)O)CCCN(CC2CNNC2c2ccc(F)cc2)C1. The summed E-state index contributed by atoms with van der Waals surface area (Å²) in [4.78, 5) is 14.1. The van der Waals surface area contributed by atoms with Crippen molar-refractivity contribution in [2.45, 2.75) is 25.3 Å². The van der Waals surface area contributed by atoms with Gasteiger partial charge in [0.2, 0.25) is 0 Å². The molecule has 3 N–H and O–H groups in total. The molecular weight excluding hydrogens is 321 g/mol. The van der Waals surface area contributed by atoms with Crippen LogP contribution in [0, 0.1) is 17.2 Å². The predicted molar refractivity (Wildman–Crippen MR) is 94.3 cm³/mol. The summed E-state index contributed by atoms with van der Waals surface area (Å²) in [5.41, 5.74) is 6.79. The van der Waals surface area contributed by atoms with Crippen LogP contribution in [-0.2, 0) is 4.79 Å². The van der Waals surface area contributed by atoms with E-state index < -0.39 is 11.4 Å². The van der Waals surface area contributed by atoms with Crippen LogP contribution in [0.15, 0.2) is 36.9 Å². The fraction of sp³-hybridized carbons (Fsp3) is 0.526. The molecule has 136 valence electrons. The van der Waals surface area contributed by atoms with Gasteiger partial charge in [0, 0.05) is 25.6 Å². The van der Waals surface area contributed by atoms with Gasteiger partial charge in [0.1, 0.15) is 5.82 Å². The van der Waals surface area contributed by atoms with E-state index in [2.05, 4.69) is 22.3 Å². The van der Waals surface area contributed by atoms with Gasteiger partial charge in [-0.25, -0.2) is 9.82 Å². The Hall–Kier alpha value is -1.76. The van der Waals surface area contributed by atoms with E-state index in [4.69, 9.17) is 0 Å². The van der Waals surface area contributed by atoms with E-state index in [9.17, 15) is 14.3 Å². The zero-order chi connectivity index (χ0) is 17.9. The van der Waals surface area contributed by atoms with E-state index in [1.165, 1.54) is 12.1 Å². The molecule has 2 saturated heterocycles. The summed E-state index contributed by atoms with van der Waals surface area (Å²) in [6.07, 6.45) is 3.81. The number of carbonyl (C=O) groups is 1. The predicted octanol–water partition coefficient (Wildman–Crippen LogP) is 2.33. The molecule has 3 rings (SSSR count). The Bertz CT molecular complexity index is 622. The Morgan fingerprint density at radius 1 is 1.44 bits per heavy atom. The lowest BCUT2D eigenvalue weighted by Gasteiger charge is -2.40. The average molecular weight is 347 g/mol. The zero-order valence-corrected chi connectivity index (χ0v) is 14.4. The first-order chi connectivity index (χ1) is 12.0. The monoisotopic (exact) mass is 347 g/mol. The smallest absolute Gasteiger partial charge is 0.311 e. The fourth-order valence-electron chi connectivity index (χ4n) is 4.15. The number of hydrogen-bond acceptors (Lipinski definition) is 4. The number of rotatable bonds is 6. The fourth-order valence-corrected chi connectivity index (χ4v) is 4.15. The zero-order valence-electron chi connectivity index (χ0n) is 14.4. The summed E-state index contributed by atoms with van der Waals surface area (Å²) in [5.74, 6) is -0.661. The number of nitrogens with zero attached hydrogens (tertiary/aromatic N) is 1. The highest BCUT2D eigenvalue weighted by Gasteiger charge is 2.42. The average Bonchev–Trinajstić information content (AvgIpc) is 3.04. The standard InChI is InChI=1S/C19H26FN3O2/c1-2-8-19(18(24)25)9-3-10-23(13-19)12-15-11-21-22-17(15)14-4-6-16(20)7-5-14/h2,4-7,15,17,21-22H,1,3,8-13H2,(H,24,25). The van der Waals surface area contributed by atoms with Gasteiger partial charge in [-0.05, 0) is 43.5 Å². The maximum atomic E-state index is 13.2. The van der Waals surface area contributed by atoms with E-state index in [1.54, 1.807) is 6.08 Å². The van der Waals surface area contributed by atoms with Gasteiger partial charge < -0.3 is 10.0 Å². The van der Waals surface area contributed by atoms with E-state index in [0.29, 0.717) is 25.3 Å². The number of aliphatic carboxylic acids is 1. The first kappa shape index (κ1) is 18.0. The molecule has 0 radical (unpaired) electrons. The molecule has 2 aliphatic heterocycles. The molecule has 2 heterocycles. The van der Waals surface area contributed by atoms with Crippen molar-refractivity contribution in [3.05, 3.63) is 48.3 Å². The lowest BCUT2D eigenvalue weighted by Crippen LogP contribution is -2.49. The number of hydrogen-bond donors (Lipinski definition) is 3. The van der Waals surface area contributed by atoms with Gasteiger partial charge in [0.15, 0.2) is 0 Å². The molecule has 6 heteroatoms. The minimum Gasteiger partial charge on any atom is -0.481 e. The minimum absolute atomic E-state index is 0.0983. The third-order valence-corrected chi connectivity index (χ3v) is 5.46. The quantitative estimate of drug-likeness (QED) is 0.690.